The van der Waals surface area contributed by atoms with Gasteiger partial charge in [-0.15, -0.1) is 11.3 Å². The molecule has 0 aliphatic heterocycles. The average Bonchev–Trinajstić information content (AvgIpc) is 3.24. The smallest absolute Gasteiger partial charge is 0.349 e. The Balaban J connectivity index is 1.35. The van der Waals surface area contributed by atoms with Crippen molar-refractivity contribution in [2.75, 3.05) is 10.0 Å². The second-order valence-corrected chi connectivity index (χ2v) is 10.8. The maximum atomic E-state index is 12.5. The van der Waals surface area contributed by atoms with Crippen LogP contribution in [0.25, 0.3) is 0 Å². The summed E-state index contributed by atoms with van der Waals surface area (Å²) in [6, 6.07) is 9.11. The summed E-state index contributed by atoms with van der Waals surface area (Å²) in [5.41, 5.74) is 2.18. The van der Waals surface area contributed by atoms with E-state index in [0.717, 1.165) is 25.7 Å². The molecule has 2 N–H and O–H groups in total. The van der Waals surface area contributed by atoms with Crippen LogP contribution in [0.3, 0.4) is 0 Å². The number of hydrogen-bond donors (Lipinski definition) is 2. The number of amides is 1. The Morgan fingerprint density at radius 2 is 1.85 bits per heavy atom. The van der Waals surface area contributed by atoms with Gasteiger partial charge in [0, 0.05) is 22.5 Å². The molecule has 0 saturated carbocycles. The number of fused-ring (bicyclic) bond motifs is 1. The highest BCUT2D eigenvalue weighted by atomic mass is 32.2. The standard InChI is InChI=1S/C23H24N4O5S2/c1-14-11-12-24-23(25-14)27-34(30,31)18-9-7-17(8-10-18)26-21(28)15(2)32-22(29)20-13-16-5-3-4-6-19(16)33-20/h7-13,15H,3-6H2,1-2H3,(H,26,28)(H,24,25,27). The third-order valence-corrected chi connectivity index (χ3v) is 7.86. The van der Waals surface area contributed by atoms with Crippen LogP contribution in [0.1, 0.15) is 45.6 Å². The Labute approximate surface area is 201 Å². The highest BCUT2D eigenvalue weighted by Crippen LogP contribution is 2.30. The molecule has 2 heterocycles. The van der Waals surface area contributed by atoms with E-state index in [-0.39, 0.29) is 10.8 Å². The first-order valence-corrected chi connectivity index (χ1v) is 13.1. The van der Waals surface area contributed by atoms with Gasteiger partial charge < -0.3 is 10.1 Å². The van der Waals surface area contributed by atoms with E-state index < -0.39 is 28.0 Å². The summed E-state index contributed by atoms with van der Waals surface area (Å²) in [5.74, 6) is -1.07. The molecule has 1 unspecified atom stereocenters. The molecule has 1 atom stereocenters. The van der Waals surface area contributed by atoms with E-state index in [4.69, 9.17) is 4.74 Å². The molecule has 0 bridgehead atoms. The fourth-order valence-electron chi connectivity index (χ4n) is 3.50. The number of esters is 1. The third-order valence-electron chi connectivity index (χ3n) is 5.30. The minimum Gasteiger partial charge on any atom is -0.448 e. The molecule has 34 heavy (non-hydrogen) atoms. The molecule has 1 aromatic carbocycles. The summed E-state index contributed by atoms with van der Waals surface area (Å²) in [6.45, 7) is 3.22. The summed E-state index contributed by atoms with van der Waals surface area (Å²) in [5, 5.41) is 2.63. The summed E-state index contributed by atoms with van der Waals surface area (Å²) in [6.07, 6.45) is 4.62. The topological polar surface area (TPSA) is 127 Å². The van der Waals surface area contributed by atoms with Crippen molar-refractivity contribution in [2.45, 2.75) is 50.5 Å². The Morgan fingerprint density at radius 3 is 2.56 bits per heavy atom. The quantitative estimate of drug-likeness (QED) is 0.473. The number of carbonyl (C=O) groups excluding carboxylic acids is 2. The monoisotopic (exact) mass is 500 g/mol. The second-order valence-electron chi connectivity index (χ2n) is 7.95. The number of anilines is 2. The van der Waals surface area contributed by atoms with E-state index in [1.54, 1.807) is 13.0 Å². The lowest BCUT2D eigenvalue weighted by molar-refractivity contribution is -0.123. The van der Waals surface area contributed by atoms with Gasteiger partial charge in [-0.2, -0.15) is 0 Å². The zero-order valence-electron chi connectivity index (χ0n) is 18.7. The van der Waals surface area contributed by atoms with Crippen LogP contribution in [0, 0.1) is 6.92 Å². The SMILES string of the molecule is Cc1ccnc(NS(=O)(=O)c2ccc(NC(=O)C(C)OC(=O)c3cc4c(s3)CCCC4)cc2)n1. The number of rotatable bonds is 7. The van der Waals surface area contributed by atoms with E-state index in [1.165, 1.54) is 59.2 Å². The second kappa shape index (κ2) is 9.90. The predicted octanol–water partition coefficient (Wildman–Crippen LogP) is 3.71. The zero-order valence-corrected chi connectivity index (χ0v) is 20.3. The van der Waals surface area contributed by atoms with Gasteiger partial charge in [-0.1, -0.05) is 0 Å². The first-order valence-electron chi connectivity index (χ1n) is 10.8. The third kappa shape index (κ3) is 5.60. The number of sulfonamides is 1. The van der Waals surface area contributed by atoms with Crippen molar-refractivity contribution in [1.82, 2.24) is 9.97 Å². The Hall–Kier alpha value is -3.31. The van der Waals surface area contributed by atoms with Gasteiger partial charge >= 0.3 is 5.97 Å². The number of aryl methyl sites for hydroxylation is 3. The van der Waals surface area contributed by atoms with E-state index in [0.29, 0.717) is 16.3 Å². The fourth-order valence-corrected chi connectivity index (χ4v) is 5.59. The van der Waals surface area contributed by atoms with Gasteiger partial charge in [0.15, 0.2) is 6.10 Å². The molecule has 4 rings (SSSR count). The predicted molar refractivity (Wildman–Crippen MR) is 128 cm³/mol. The summed E-state index contributed by atoms with van der Waals surface area (Å²) < 4.78 is 32.8. The number of aromatic nitrogens is 2. The van der Waals surface area contributed by atoms with Crippen molar-refractivity contribution in [3.63, 3.8) is 0 Å². The van der Waals surface area contributed by atoms with Crippen molar-refractivity contribution in [1.29, 1.82) is 0 Å². The van der Waals surface area contributed by atoms with E-state index in [9.17, 15) is 18.0 Å². The molecule has 0 radical (unpaired) electrons. The van der Waals surface area contributed by atoms with Crippen molar-refractivity contribution in [3.8, 4) is 0 Å². The molecule has 2 aromatic heterocycles. The molecule has 1 aliphatic rings. The van der Waals surface area contributed by atoms with Crippen LogP contribution in [0.4, 0.5) is 11.6 Å². The van der Waals surface area contributed by atoms with Crippen LogP contribution in [0.5, 0.6) is 0 Å². The van der Waals surface area contributed by atoms with Crippen LogP contribution in [-0.2, 0) is 32.4 Å². The number of nitrogens with one attached hydrogen (secondary N) is 2. The number of nitrogens with zero attached hydrogens (tertiary/aromatic N) is 2. The number of benzene rings is 1. The van der Waals surface area contributed by atoms with Crippen molar-refractivity contribution >= 4 is 44.9 Å². The van der Waals surface area contributed by atoms with E-state index >= 15 is 0 Å². The maximum absolute atomic E-state index is 12.5. The van der Waals surface area contributed by atoms with Gasteiger partial charge in [0.2, 0.25) is 5.95 Å². The van der Waals surface area contributed by atoms with Crippen molar-refractivity contribution < 1.29 is 22.7 Å². The fraction of sp³-hybridized carbons (Fsp3) is 0.304. The van der Waals surface area contributed by atoms with Crippen LogP contribution in [0.2, 0.25) is 0 Å². The molecular weight excluding hydrogens is 476 g/mol. The molecule has 1 aliphatic carbocycles. The lowest BCUT2D eigenvalue weighted by atomic mass is 9.99. The van der Waals surface area contributed by atoms with Gasteiger partial charge in [0.25, 0.3) is 15.9 Å². The normalized spacial score (nSPS) is 14.1. The molecule has 1 amide bonds. The molecule has 0 saturated heterocycles. The van der Waals surface area contributed by atoms with Gasteiger partial charge in [0.1, 0.15) is 4.88 Å². The van der Waals surface area contributed by atoms with Gasteiger partial charge in [-0.3, -0.25) is 4.79 Å². The number of ether oxygens (including phenoxy) is 1. The Morgan fingerprint density at radius 1 is 1.12 bits per heavy atom. The molecule has 3 aromatic rings. The lowest BCUT2D eigenvalue weighted by Crippen LogP contribution is -2.29. The number of hydrogen-bond acceptors (Lipinski definition) is 8. The van der Waals surface area contributed by atoms with Gasteiger partial charge in [-0.05, 0) is 81.5 Å². The summed E-state index contributed by atoms with van der Waals surface area (Å²) >= 11 is 1.43. The minimum atomic E-state index is -3.90. The molecule has 9 nitrogen and oxygen atoms in total. The van der Waals surface area contributed by atoms with Crippen molar-refractivity contribution in [3.05, 3.63) is 63.6 Å². The van der Waals surface area contributed by atoms with Crippen molar-refractivity contribution in [2.24, 2.45) is 0 Å². The van der Waals surface area contributed by atoms with E-state index in [2.05, 4.69) is 20.0 Å². The molecule has 11 heteroatoms. The Kier molecular flexibility index (Phi) is 6.94. The first-order chi connectivity index (χ1) is 16.2. The van der Waals surface area contributed by atoms with Gasteiger partial charge in [-0.25, -0.2) is 27.9 Å². The summed E-state index contributed by atoms with van der Waals surface area (Å²) in [7, 11) is -3.90. The van der Waals surface area contributed by atoms with Crippen LogP contribution in [0.15, 0.2) is 47.5 Å². The largest absolute Gasteiger partial charge is 0.448 e. The van der Waals surface area contributed by atoms with Gasteiger partial charge in [0.05, 0.1) is 4.90 Å². The average molecular weight is 501 g/mol. The minimum absolute atomic E-state index is 0.0169. The highest BCUT2D eigenvalue weighted by molar-refractivity contribution is 7.92. The van der Waals surface area contributed by atoms with Crippen LogP contribution < -0.4 is 10.0 Å². The first kappa shape index (κ1) is 23.8. The highest BCUT2D eigenvalue weighted by Gasteiger charge is 2.23. The lowest BCUT2D eigenvalue weighted by Gasteiger charge is -2.13. The Bertz CT molecular complexity index is 1300. The number of thiophene rings is 1. The number of carbonyl (C=O) groups is 2. The zero-order chi connectivity index (χ0) is 24.3. The molecule has 0 fully saturated rings. The van der Waals surface area contributed by atoms with E-state index in [1.807, 2.05) is 6.07 Å². The summed E-state index contributed by atoms with van der Waals surface area (Å²) in [4.78, 5) is 34.6. The van der Waals surface area contributed by atoms with Crippen LogP contribution >= 0.6 is 11.3 Å². The molecule has 0 spiro atoms. The maximum Gasteiger partial charge on any atom is 0.349 e. The van der Waals surface area contributed by atoms with Crippen LogP contribution in [-0.4, -0.2) is 36.4 Å². The molecular formula is C23H24N4O5S2. The molecule has 178 valence electrons.